The van der Waals surface area contributed by atoms with Gasteiger partial charge in [0.1, 0.15) is 0 Å². The zero-order chi connectivity index (χ0) is 12.1. The number of piperidine rings is 1. The Morgan fingerprint density at radius 2 is 2.24 bits per heavy atom. The van der Waals surface area contributed by atoms with Gasteiger partial charge in [-0.15, -0.1) is 0 Å². The Kier molecular flexibility index (Phi) is 4.84. The van der Waals surface area contributed by atoms with Crippen LogP contribution in [0.2, 0.25) is 5.02 Å². The number of rotatable bonds is 4. The molecular weight excluding hydrogens is 232 g/mol. The van der Waals surface area contributed by atoms with Crippen molar-refractivity contribution in [1.29, 1.82) is 0 Å². The van der Waals surface area contributed by atoms with Crippen molar-refractivity contribution in [2.45, 2.75) is 32.4 Å². The van der Waals surface area contributed by atoms with E-state index >= 15 is 0 Å². The van der Waals surface area contributed by atoms with Gasteiger partial charge in [0.2, 0.25) is 0 Å². The molecule has 1 N–H and O–H groups in total. The van der Waals surface area contributed by atoms with Gasteiger partial charge in [-0.05, 0) is 37.6 Å². The summed E-state index contributed by atoms with van der Waals surface area (Å²) in [6.45, 7) is 6.53. The van der Waals surface area contributed by atoms with Gasteiger partial charge in [0.25, 0.3) is 0 Å². The maximum Gasteiger partial charge on any atom is 0.0451 e. The molecule has 3 heteroatoms. The van der Waals surface area contributed by atoms with Crippen LogP contribution in [-0.4, -0.2) is 30.6 Å². The number of nitrogens with zero attached hydrogens (tertiary/aromatic N) is 1. The first-order valence-corrected chi connectivity index (χ1v) is 6.86. The van der Waals surface area contributed by atoms with Gasteiger partial charge in [0.05, 0.1) is 0 Å². The van der Waals surface area contributed by atoms with E-state index in [1.807, 2.05) is 12.1 Å². The Morgan fingerprint density at radius 1 is 1.41 bits per heavy atom. The van der Waals surface area contributed by atoms with Crippen molar-refractivity contribution < 1.29 is 0 Å². The minimum Gasteiger partial charge on any atom is -0.313 e. The monoisotopic (exact) mass is 252 g/mol. The third-order valence-corrected chi connectivity index (χ3v) is 3.72. The van der Waals surface area contributed by atoms with Crippen molar-refractivity contribution in [2.24, 2.45) is 0 Å². The molecule has 0 amide bonds. The molecule has 94 valence electrons. The lowest BCUT2D eigenvalue weighted by atomic mass is 10.0. The van der Waals surface area contributed by atoms with Gasteiger partial charge < -0.3 is 5.32 Å². The number of nitrogens with one attached hydrogen (secondary N) is 1. The topological polar surface area (TPSA) is 15.3 Å². The summed E-state index contributed by atoms with van der Waals surface area (Å²) in [7, 11) is 0. The van der Waals surface area contributed by atoms with Crippen LogP contribution in [0.15, 0.2) is 24.3 Å². The number of likely N-dealkylation sites (tertiary alicyclic amines) is 1. The highest BCUT2D eigenvalue weighted by atomic mass is 35.5. The molecule has 2 rings (SSSR count). The van der Waals surface area contributed by atoms with E-state index < -0.39 is 0 Å². The van der Waals surface area contributed by atoms with Crippen LogP contribution in [0.4, 0.5) is 0 Å². The Bertz CT molecular complexity index is 352. The van der Waals surface area contributed by atoms with Crippen molar-refractivity contribution in [3.05, 3.63) is 34.9 Å². The average Bonchev–Trinajstić information content (AvgIpc) is 2.33. The number of halogens is 1. The van der Waals surface area contributed by atoms with Crippen LogP contribution in [0.1, 0.15) is 25.3 Å². The van der Waals surface area contributed by atoms with Crippen LogP contribution in [0, 0.1) is 0 Å². The molecule has 0 aliphatic carbocycles. The lowest BCUT2D eigenvalue weighted by Gasteiger charge is -2.33. The first kappa shape index (κ1) is 12.9. The molecule has 1 saturated heterocycles. The third kappa shape index (κ3) is 3.70. The molecule has 0 bridgehead atoms. The van der Waals surface area contributed by atoms with Gasteiger partial charge in [0, 0.05) is 24.2 Å². The zero-order valence-electron chi connectivity index (χ0n) is 10.5. The molecule has 1 heterocycles. The van der Waals surface area contributed by atoms with Gasteiger partial charge in [0.15, 0.2) is 0 Å². The highest BCUT2D eigenvalue weighted by Crippen LogP contribution is 2.19. The first-order valence-electron chi connectivity index (χ1n) is 6.48. The summed E-state index contributed by atoms with van der Waals surface area (Å²) in [4.78, 5) is 2.50. The Morgan fingerprint density at radius 3 is 3.00 bits per heavy atom. The normalized spacial score (nSPS) is 21.6. The summed E-state index contributed by atoms with van der Waals surface area (Å²) < 4.78 is 0. The second kappa shape index (κ2) is 6.39. The second-order valence-corrected chi connectivity index (χ2v) is 5.13. The van der Waals surface area contributed by atoms with Crippen molar-refractivity contribution in [3.8, 4) is 0 Å². The molecule has 0 saturated carbocycles. The van der Waals surface area contributed by atoms with E-state index in [0.717, 1.165) is 24.7 Å². The number of hydrogen-bond acceptors (Lipinski definition) is 2. The van der Waals surface area contributed by atoms with E-state index in [4.69, 9.17) is 11.6 Å². The van der Waals surface area contributed by atoms with E-state index in [9.17, 15) is 0 Å². The summed E-state index contributed by atoms with van der Waals surface area (Å²) in [5.41, 5.74) is 1.24. The largest absolute Gasteiger partial charge is 0.313 e. The molecule has 1 aromatic rings. The fraction of sp³-hybridized carbons (Fsp3) is 0.571. The summed E-state index contributed by atoms with van der Waals surface area (Å²) in [6.07, 6.45) is 2.58. The molecule has 1 atom stereocenters. The van der Waals surface area contributed by atoms with Crippen molar-refractivity contribution in [3.63, 3.8) is 0 Å². The van der Waals surface area contributed by atoms with Crippen LogP contribution in [0.25, 0.3) is 0 Å². The smallest absolute Gasteiger partial charge is 0.0451 e. The standard InChI is InChI=1S/C14H21ClN2/c1-2-16-13-7-5-9-17(11-13)10-12-6-3-4-8-14(12)15/h3-4,6,8,13,16H,2,5,7,9-11H2,1H3. The zero-order valence-corrected chi connectivity index (χ0v) is 11.2. The lowest BCUT2D eigenvalue weighted by Crippen LogP contribution is -2.45. The maximum atomic E-state index is 6.20. The molecule has 17 heavy (non-hydrogen) atoms. The van der Waals surface area contributed by atoms with Crippen LogP contribution in [-0.2, 0) is 6.54 Å². The predicted molar refractivity (Wildman–Crippen MR) is 73.4 cm³/mol. The van der Waals surface area contributed by atoms with E-state index in [2.05, 4.69) is 29.3 Å². The third-order valence-electron chi connectivity index (χ3n) is 3.35. The quantitative estimate of drug-likeness (QED) is 0.887. The Hall–Kier alpha value is -0.570. The molecule has 1 fully saturated rings. The summed E-state index contributed by atoms with van der Waals surface area (Å²) >= 11 is 6.20. The van der Waals surface area contributed by atoms with Gasteiger partial charge in [-0.3, -0.25) is 4.90 Å². The summed E-state index contributed by atoms with van der Waals surface area (Å²) in [5, 5.41) is 4.43. The average molecular weight is 253 g/mol. The second-order valence-electron chi connectivity index (χ2n) is 4.72. The fourth-order valence-corrected chi connectivity index (χ4v) is 2.72. The number of benzene rings is 1. The van der Waals surface area contributed by atoms with Gasteiger partial charge >= 0.3 is 0 Å². The van der Waals surface area contributed by atoms with E-state index in [1.165, 1.54) is 24.9 Å². The highest BCUT2D eigenvalue weighted by Gasteiger charge is 2.19. The molecule has 1 aliphatic heterocycles. The molecule has 0 aromatic heterocycles. The minimum absolute atomic E-state index is 0.649. The van der Waals surface area contributed by atoms with Crippen molar-refractivity contribution in [2.75, 3.05) is 19.6 Å². The van der Waals surface area contributed by atoms with Gasteiger partial charge in [-0.1, -0.05) is 36.7 Å². The molecule has 2 nitrogen and oxygen atoms in total. The van der Waals surface area contributed by atoms with Crippen LogP contribution in [0.5, 0.6) is 0 Å². The molecule has 1 aliphatic rings. The Balaban J connectivity index is 1.92. The summed E-state index contributed by atoms with van der Waals surface area (Å²) in [5.74, 6) is 0. The first-order chi connectivity index (χ1) is 8.29. The molecule has 1 unspecified atom stereocenters. The van der Waals surface area contributed by atoms with Gasteiger partial charge in [-0.25, -0.2) is 0 Å². The Labute approximate surface area is 109 Å². The van der Waals surface area contributed by atoms with E-state index in [1.54, 1.807) is 0 Å². The SMILES string of the molecule is CCNC1CCCN(Cc2ccccc2Cl)C1. The number of hydrogen-bond donors (Lipinski definition) is 1. The maximum absolute atomic E-state index is 6.20. The molecule has 0 radical (unpaired) electrons. The fourth-order valence-electron chi connectivity index (χ4n) is 2.52. The van der Waals surface area contributed by atoms with E-state index in [-0.39, 0.29) is 0 Å². The van der Waals surface area contributed by atoms with Crippen LogP contribution >= 0.6 is 11.6 Å². The van der Waals surface area contributed by atoms with Crippen molar-refractivity contribution >= 4 is 11.6 Å². The molecule has 0 spiro atoms. The van der Waals surface area contributed by atoms with E-state index in [0.29, 0.717) is 6.04 Å². The minimum atomic E-state index is 0.649. The lowest BCUT2D eigenvalue weighted by molar-refractivity contribution is 0.185. The van der Waals surface area contributed by atoms with Gasteiger partial charge in [-0.2, -0.15) is 0 Å². The number of likely N-dealkylation sites (N-methyl/N-ethyl adjacent to an activating group) is 1. The van der Waals surface area contributed by atoms with Crippen LogP contribution in [0.3, 0.4) is 0 Å². The van der Waals surface area contributed by atoms with Crippen LogP contribution < -0.4 is 5.32 Å². The van der Waals surface area contributed by atoms with Crippen molar-refractivity contribution in [1.82, 2.24) is 10.2 Å². The predicted octanol–water partition coefficient (Wildman–Crippen LogP) is 2.91. The molecule has 1 aromatic carbocycles. The summed E-state index contributed by atoms with van der Waals surface area (Å²) in [6, 6.07) is 8.80. The molecular formula is C14H21ClN2. The highest BCUT2D eigenvalue weighted by molar-refractivity contribution is 6.31.